The van der Waals surface area contributed by atoms with E-state index in [2.05, 4.69) is 5.32 Å². The van der Waals surface area contributed by atoms with Crippen molar-refractivity contribution in [3.05, 3.63) is 59.2 Å². The van der Waals surface area contributed by atoms with Gasteiger partial charge in [0, 0.05) is 18.3 Å². The second-order valence-corrected chi connectivity index (χ2v) is 4.37. The van der Waals surface area contributed by atoms with Gasteiger partial charge >= 0.3 is 0 Å². The maximum absolute atomic E-state index is 13.0. The number of benzene rings is 2. The molecule has 5 heteroatoms. The second-order valence-electron chi connectivity index (χ2n) is 4.37. The quantitative estimate of drug-likeness (QED) is 0.841. The molecule has 0 aliphatic rings. The number of hydrogen-bond donors (Lipinski definition) is 2. The summed E-state index contributed by atoms with van der Waals surface area (Å²) in [6, 6.07) is 10.5. The molecule has 102 valence electrons. The lowest BCUT2D eigenvalue weighted by Gasteiger charge is -2.08. The largest absolute Gasteiger partial charge is 0.398 e. The summed E-state index contributed by atoms with van der Waals surface area (Å²) in [5.41, 5.74) is 7.85. The van der Waals surface area contributed by atoms with Gasteiger partial charge in [-0.3, -0.25) is 0 Å². The van der Waals surface area contributed by atoms with Gasteiger partial charge in [-0.15, -0.1) is 0 Å². The van der Waals surface area contributed by atoms with Crippen LogP contribution in [0.15, 0.2) is 36.4 Å². The Kier molecular flexibility index (Phi) is 4.16. The van der Waals surface area contributed by atoms with Gasteiger partial charge in [-0.1, -0.05) is 0 Å². The van der Waals surface area contributed by atoms with Crippen LogP contribution in [-0.2, 0) is 6.42 Å². The summed E-state index contributed by atoms with van der Waals surface area (Å²) in [4.78, 5) is 0. The number of hydrogen-bond acceptors (Lipinski definition) is 3. The van der Waals surface area contributed by atoms with Crippen molar-refractivity contribution in [1.82, 2.24) is 0 Å². The van der Waals surface area contributed by atoms with E-state index in [0.717, 1.165) is 11.8 Å². The van der Waals surface area contributed by atoms with Crippen LogP contribution in [0.25, 0.3) is 0 Å². The molecular formula is C15H13F2N3. The maximum atomic E-state index is 13.0. The Hall–Kier alpha value is -2.61. The fraction of sp³-hybridized carbons (Fsp3) is 0.133. The Balaban J connectivity index is 1.96. The van der Waals surface area contributed by atoms with Gasteiger partial charge < -0.3 is 11.1 Å². The molecule has 0 saturated heterocycles. The smallest absolute Gasteiger partial charge is 0.126 e. The molecule has 2 rings (SSSR count). The van der Waals surface area contributed by atoms with Gasteiger partial charge in [-0.05, 0) is 42.3 Å². The zero-order valence-corrected chi connectivity index (χ0v) is 10.7. The molecule has 0 aliphatic heterocycles. The molecule has 0 spiro atoms. The van der Waals surface area contributed by atoms with Gasteiger partial charge in [0.2, 0.25) is 0 Å². The van der Waals surface area contributed by atoms with Crippen LogP contribution >= 0.6 is 0 Å². The van der Waals surface area contributed by atoms with E-state index in [-0.39, 0.29) is 0 Å². The molecule has 0 heterocycles. The van der Waals surface area contributed by atoms with Gasteiger partial charge in [-0.25, -0.2) is 8.78 Å². The van der Waals surface area contributed by atoms with Crippen LogP contribution in [0.2, 0.25) is 0 Å². The monoisotopic (exact) mass is 273 g/mol. The second kappa shape index (κ2) is 6.02. The number of anilines is 2. The number of halogens is 2. The molecule has 3 nitrogen and oxygen atoms in total. The first-order valence-corrected chi connectivity index (χ1v) is 6.07. The van der Waals surface area contributed by atoms with E-state index < -0.39 is 11.6 Å². The summed E-state index contributed by atoms with van der Waals surface area (Å²) in [6.07, 6.45) is 0.481. The first-order valence-electron chi connectivity index (χ1n) is 6.07. The van der Waals surface area contributed by atoms with E-state index >= 15 is 0 Å². The van der Waals surface area contributed by atoms with Crippen molar-refractivity contribution in [2.75, 3.05) is 17.6 Å². The Morgan fingerprint density at radius 3 is 2.40 bits per heavy atom. The lowest BCUT2D eigenvalue weighted by atomic mass is 10.1. The molecule has 0 aromatic heterocycles. The third kappa shape index (κ3) is 3.45. The van der Waals surface area contributed by atoms with Crippen molar-refractivity contribution in [2.45, 2.75) is 6.42 Å². The summed E-state index contributed by atoms with van der Waals surface area (Å²) < 4.78 is 26.0. The number of nitriles is 1. The van der Waals surface area contributed by atoms with Crippen LogP contribution in [0, 0.1) is 23.0 Å². The van der Waals surface area contributed by atoms with E-state index in [1.54, 1.807) is 18.2 Å². The Labute approximate surface area is 115 Å². The van der Waals surface area contributed by atoms with Gasteiger partial charge in [0.25, 0.3) is 0 Å². The van der Waals surface area contributed by atoms with Crippen LogP contribution in [0.5, 0.6) is 0 Å². The number of rotatable bonds is 4. The molecule has 0 amide bonds. The number of nitrogen functional groups attached to an aromatic ring is 1. The summed E-state index contributed by atoms with van der Waals surface area (Å²) >= 11 is 0. The average molecular weight is 273 g/mol. The highest BCUT2D eigenvalue weighted by atomic mass is 19.1. The fourth-order valence-electron chi connectivity index (χ4n) is 1.88. The highest BCUT2D eigenvalue weighted by Gasteiger charge is 2.02. The summed E-state index contributed by atoms with van der Waals surface area (Å²) in [6.45, 7) is 0.508. The molecule has 0 bridgehead atoms. The van der Waals surface area contributed by atoms with Crippen LogP contribution < -0.4 is 11.1 Å². The lowest BCUT2D eigenvalue weighted by Crippen LogP contribution is -2.06. The molecule has 0 radical (unpaired) electrons. The van der Waals surface area contributed by atoms with Crippen molar-refractivity contribution in [1.29, 1.82) is 5.26 Å². The van der Waals surface area contributed by atoms with Crippen molar-refractivity contribution in [3.8, 4) is 6.07 Å². The van der Waals surface area contributed by atoms with E-state index in [1.807, 2.05) is 6.07 Å². The van der Waals surface area contributed by atoms with Gasteiger partial charge in [0.1, 0.15) is 17.7 Å². The summed E-state index contributed by atoms with van der Waals surface area (Å²) in [5, 5.41) is 11.9. The van der Waals surface area contributed by atoms with Gasteiger partial charge in [-0.2, -0.15) is 5.26 Å². The molecule has 2 aromatic carbocycles. The zero-order chi connectivity index (χ0) is 14.5. The molecule has 0 saturated carbocycles. The molecule has 0 fully saturated rings. The van der Waals surface area contributed by atoms with E-state index in [0.29, 0.717) is 29.8 Å². The van der Waals surface area contributed by atoms with Crippen LogP contribution in [0.3, 0.4) is 0 Å². The van der Waals surface area contributed by atoms with Crippen LogP contribution in [0.1, 0.15) is 11.1 Å². The predicted molar refractivity (Wildman–Crippen MR) is 74.1 cm³/mol. The summed E-state index contributed by atoms with van der Waals surface area (Å²) in [5.74, 6) is -1.16. The van der Waals surface area contributed by atoms with Crippen LogP contribution in [-0.4, -0.2) is 6.54 Å². The van der Waals surface area contributed by atoms with Gasteiger partial charge in [0.05, 0.1) is 11.3 Å². The zero-order valence-electron chi connectivity index (χ0n) is 10.7. The minimum absolute atomic E-state index is 0.398. The number of nitrogens with zero attached hydrogens (tertiary/aromatic N) is 1. The number of nitrogens with two attached hydrogens (primary N) is 1. The van der Waals surface area contributed by atoms with Gasteiger partial charge in [0.15, 0.2) is 0 Å². The van der Waals surface area contributed by atoms with Crippen molar-refractivity contribution < 1.29 is 8.78 Å². The van der Waals surface area contributed by atoms with Crippen molar-refractivity contribution >= 4 is 11.4 Å². The fourth-order valence-corrected chi connectivity index (χ4v) is 1.88. The maximum Gasteiger partial charge on any atom is 0.126 e. The Morgan fingerprint density at radius 2 is 1.80 bits per heavy atom. The predicted octanol–water partition coefficient (Wildman–Crippen LogP) is 3.07. The molecule has 20 heavy (non-hydrogen) atoms. The minimum atomic E-state index is -0.581. The number of nitrogens with one attached hydrogen (secondary N) is 1. The van der Waals surface area contributed by atoms with Crippen molar-refractivity contribution in [3.63, 3.8) is 0 Å². The summed E-state index contributed by atoms with van der Waals surface area (Å²) in [7, 11) is 0. The Bertz CT molecular complexity index is 642. The third-order valence-corrected chi connectivity index (χ3v) is 2.84. The third-order valence-electron chi connectivity index (χ3n) is 2.84. The van der Waals surface area contributed by atoms with Crippen LogP contribution in [0.4, 0.5) is 20.2 Å². The molecule has 2 aromatic rings. The van der Waals surface area contributed by atoms with E-state index in [1.165, 1.54) is 12.1 Å². The molecule has 0 atom stereocenters. The SMILES string of the molecule is N#Cc1ccc(NCCc2cc(F)cc(F)c2)cc1N. The molecule has 0 aliphatic carbocycles. The average Bonchev–Trinajstić information content (AvgIpc) is 2.38. The van der Waals surface area contributed by atoms with E-state index in [4.69, 9.17) is 11.0 Å². The molecule has 3 N–H and O–H groups in total. The molecule has 0 unspecified atom stereocenters. The van der Waals surface area contributed by atoms with E-state index in [9.17, 15) is 8.78 Å². The Morgan fingerprint density at radius 1 is 1.10 bits per heavy atom. The standard InChI is InChI=1S/C15H13F2N3/c16-12-5-10(6-13(17)7-12)3-4-20-14-2-1-11(9-18)15(19)8-14/h1-2,5-8,20H,3-4,19H2. The molecular weight excluding hydrogens is 260 g/mol. The highest BCUT2D eigenvalue weighted by molar-refractivity contribution is 5.62. The minimum Gasteiger partial charge on any atom is -0.398 e. The highest BCUT2D eigenvalue weighted by Crippen LogP contribution is 2.17. The normalized spacial score (nSPS) is 10.1. The lowest BCUT2D eigenvalue weighted by molar-refractivity contribution is 0.580. The first-order chi connectivity index (χ1) is 9.58. The van der Waals surface area contributed by atoms with Crippen molar-refractivity contribution in [2.24, 2.45) is 0 Å². The topological polar surface area (TPSA) is 61.8 Å². The first kappa shape index (κ1) is 13.8.